The molecule has 0 aromatic heterocycles. The van der Waals surface area contributed by atoms with Gasteiger partial charge in [-0.25, -0.2) is 0 Å². The Morgan fingerprint density at radius 2 is 1.13 bits per heavy atom. The summed E-state index contributed by atoms with van der Waals surface area (Å²) in [7, 11) is -1.93. The molecule has 0 fully saturated rings. The quantitative estimate of drug-likeness (QED) is 0.336. The van der Waals surface area contributed by atoms with Gasteiger partial charge in [-0.2, -0.15) is 11.8 Å². The maximum atomic E-state index is 4.31. The van der Waals surface area contributed by atoms with E-state index in [0.29, 0.717) is 17.5 Å². The summed E-state index contributed by atoms with van der Waals surface area (Å²) in [6.07, 6.45) is 2.22. The Bertz CT molecular complexity index is 888. The summed E-state index contributed by atoms with van der Waals surface area (Å²) < 4.78 is 0. The molecule has 0 spiro atoms. The van der Waals surface area contributed by atoms with E-state index < -0.39 is 7.41 Å². The van der Waals surface area contributed by atoms with Crippen molar-refractivity contribution in [3.8, 4) is 0 Å². The largest absolute Gasteiger partial charge is 0.250 e. The molecule has 0 bridgehead atoms. The number of para-hydroxylation sites is 1. The zero-order valence-electron chi connectivity index (χ0n) is 19.8. The third kappa shape index (κ3) is 5.02. The Kier molecular flexibility index (Phi) is 8.25. The van der Waals surface area contributed by atoms with E-state index >= 15 is 0 Å². The molecule has 3 rings (SSSR count). The fraction of sp³-hybridized carbons (Fsp3) is 0.357. The van der Waals surface area contributed by atoms with Gasteiger partial charge in [0.25, 0.3) is 0 Å². The van der Waals surface area contributed by atoms with Crippen molar-refractivity contribution in [2.24, 2.45) is 0 Å². The molecule has 0 saturated carbocycles. The van der Waals surface area contributed by atoms with Gasteiger partial charge < -0.3 is 0 Å². The van der Waals surface area contributed by atoms with Gasteiger partial charge in [-0.3, -0.25) is 5.09 Å². The Morgan fingerprint density at radius 3 is 1.52 bits per heavy atom. The number of anilines is 1. The summed E-state index contributed by atoms with van der Waals surface area (Å²) in [5.74, 6) is 2.04. The normalized spacial score (nSPS) is 12.9. The lowest BCUT2D eigenvalue weighted by atomic mass is 9.93. The Morgan fingerprint density at radius 1 is 0.677 bits per heavy atom. The van der Waals surface area contributed by atoms with Crippen molar-refractivity contribution in [2.75, 3.05) is 17.1 Å². The number of rotatable bonds is 9. The molecule has 3 aromatic rings. The van der Waals surface area contributed by atoms with Crippen molar-refractivity contribution in [2.45, 2.75) is 52.1 Å². The van der Waals surface area contributed by atoms with Crippen LogP contribution in [0.4, 0.5) is 5.69 Å². The Balaban J connectivity index is 2.33. The molecule has 31 heavy (non-hydrogen) atoms. The van der Waals surface area contributed by atoms with Crippen LogP contribution < -0.4 is 15.7 Å². The molecule has 1 N–H and O–H groups in total. The van der Waals surface area contributed by atoms with Gasteiger partial charge in [-0.15, -0.1) is 0 Å². The van der Waals surface area contributed by atoms with Crippen LogP contribution in [0.1, 0.15) is 57.6 Å². The van der Waals surface area contributed by atoms with Crippen molar-refractivity contribution in [3.63, 3.8) is 0 Å². The highest BCUT2D eigenvalue weighted by Crippen LogP contribution is 2.61. The van der Waals surface area contributed by atoms with Crippen LogP contribution in [-0.2, 0) is 0 Å². The number of benzene rings is 3. The van der Waals surface area contributed by atoms with E-state index in [4.69, 9.17) is 0 Å². The molecule has 1 unspecified atom stereocenters. The van der Waals surface area contributed by atoms with Crippen molar-refractivity contribution < 1.29 is 0 Å². The summed E-state index contributed by atoms with van der Waals surface area (Å²) in [6.45, 7) is 11.7. The minimum Gasteiger partial charge on any atom is -0.250 e. The number of hydrogen-bond donors (Lipinski definition) is 1. The highest BCUT2D eigenvalue weighted by Gasteiger charge is 2.49. The van der Waals surface area contributed by atoms with Crippen LogP contribution in [0.3, 0.4) is 0 Å². The predicted octanol–water partition coefficient (Wildman–Crippen LogP) is 7.68. The number of thioether (sulfide) groups is 1. The average Bonchev–Trinajstić information content (AvgIpc) is 2.78. The maximum absolute atomic E-state index is 4.31. The summed E-state index contributed by atoms with van der Waals surface area (Å²) in [5, 5.41) is 7.16. The van der Waals surface area contributed by atoms with Crippen molar-refractivity contribution in [1.82, 2.24) is 0 Å². The summed E-state index contributed by atoms with van der Waals surface area (Å²) >= 11 is 1.95. The van der Waals surface area contributed by atoms with Crippen LogP contribution in [0.5, 0.6) is 0 Å². The van der Waals surface area contributed by atoms with Crippen molar-refractivity contribution >= 4 is 35.5 Å². The molecule has 0 heterocycles. The van der Waals surface area contributed by atoms with Gasteiger partial charge in [0.1, 0.15) is 16.3 Å². The first-order valence-electron chi connectivity index (χ1n) is 11.3. The average molecular weight is 451 g/mol. The molecule has 0 aliphatic rings. The molecule has 3 aromatic carbocycles. The topological polar surface area (TPSA) is 12.0 Å². The van der Waals surface area contributed by atoms with Gasteiger partial charge >= 0.3 is 0 Å². The SMILES string of the molecule is CSCC(C)[P+](Nc1c(C(C)C)cccc1C(C)C)(c1ccccc1)c1ccccc1. The van der Waals surface area contributed by atoms with E-state index in [9.17, 15) is 0 Å². The second-order valence-electron chi connectivity index (χ2n) is 8.93. The lowest BCUT2D eigenvalue weighted by Gasteiger charge is -2.35. The Hall–Kier alpha value is -1.76. The highest BCUT2D eigenvalue weighted by molar-refractivity contribution is 8.00. The third-order valence-corrected chi connectivity index (χ3v) is 11.4. The van der Waals surface area contributed by atoms with Crippen LogP contribution in [-0.4, -0.2) is 17.7 Å². The second kappa shape index (κ2) is 10.7. The van der Waals surface area contributed by atoms with Crippen LogP contribution in [0.25, 0.3) is 0 Å². The summed E-state index contributed by atoms with van der Waals surface area (Å²) in [4.78, 5) is 0. The van der Waals surface area contributed by atoms with E-state index in [-0.39, 0.29) is 0 Å². The molecule has 0 aliphatic carbocycles. The second-order valence-corrected chi connectivity index (χ2v) is 13.4. The van der Waals surface area contributed by atoms with E-state index in [1.165, 1.54) is 27.4 Å². The van der Waals surface area contributed by atoms with E-state index in [2.05, 4.69) is 125 Å². The molecule has 0 saturated heterocycles. The minimum atomic E-state index is -1.93. The van der Waals surface area contributed by atoms with Gasteiger partial charge in [0, 0.05) is 5.75 Å². The fourth-order valence-electron chi connectivity index (χ4n) is 4.43. The zero-order chi connectivity index (χ0) is 22.4. The molecule has 1 atom stereocenters. The highest BCUT2D eigenvalue weighted by atomic mass is 32.2. The smallest absolute Gasteiger partial charge is 0.170 e. The molecule has 1 nitrogen and oxygen atoms in total. The number of nitrogens with one attached hydrogen (secondary N) is 1. The van der Waals surface area contributed by atoms with Crippen molar-refractivity contribution in [1.29, 1.82) is 0 Å². The predicted molar refractivity (Wildman–Crippen MR) is 145 cm³/mol. The molecule has 3 heteroatoms. The minimum absolute atomic E-state index is 0.463. The van der Waals surface area contributed by atoms with Gasteiger partial charge in [0.05, 0.1) is 5.69 Å². The van der Waals surface area contributed by atoms with E-state index in [0.717, 1.165) is 5.75 Å². The first-order chi connectivity index (χ1) is 14.9. The standard InChI is InChI=1S/C28H37NPS/c1-21(2)26-18-13-19-27(22(3)4)28(26)29-30(23(5)20-31-6,24-14-9-7-10-15-24)25-16-11-8-12-17-25/h7-19,21-23,29H,20H2,1-6H3/q+1. The van der Waals surface area contributed by atoms with Gasteiger partial charge in [-0.05, 0) is 60.4 Å². The van der Waals surface area contributed by atoms with Gasteiger partial charge in [0.15, 0.2) is 7.41 Å². The first kappa shape index (κ1) is 23.9. The van der Waals surface area contributed by atoms with Crippen molar-refractivity contribution in [3.05, 3.63) is 90.0 Å². The lowest BCUT2D eigenvalue weighted by Crippen LogP contribution is -2.36. The van der Waals surface area contributed by atoms with E-state index in [1.807, 2.05) is 11.8 Å². The number of hydrogen-bond acceptors (Lipinski definition) is 2. The summed E-state index contributed by atoms with van der Waals surface area (Å²) in [5.41, 5.74) is 4.67. The molecule has 0 amide bonds. The summed E-state index contributed by atoms with van der Waals surface area (Å²) in [6, 6.07) is 29.2. The van der Waals surface area contributed by atoms with E-state index in [1.54, 1.807) is 0 Å². The van der Waals surface area contributed by atoms with Crippen LogP contribution in [0, 0.1) is 0 Å². The lowest BCUT2D eigenvalue weighted by molar-refractivity contribution is 0.839. The molecular weight excluding hydrogens is 413 g/mol. The molecule has 0 aliphatic heterocycles. The van der Waals surface area contributed by atoms with Gasteiger partial charge in [-0.1, -0.05) is 82.3 Å². The van der Waals surface area contributed by atoms with Crippen LogP contribution in [0.2, 0.25) is 0 Å². The Labute approximate surface area is 194 Å². The van der Waals surface area contributed by atoms with Crippen LogP contribution >= 0.6 is 19.2 Å². The molecule has 164 valence electrons. The van der Waals surface area contributed by atoms with Gasteiger partial charge in [0.2, 0.25) is 0 Å². The first-order valence-corrected chi connectivity index (χ1v) is 14.6. The maximum Gasteiger partial charge on any atom is 0.170 e. The third-order valence-electron chi connectivity index (χ3n) is 6.06. The molecular formula is C28H37NPS+. The fourth-order valence-corrected chi connectivity index (χ4v) is 9.95. The monoisotopic (exact) mass is 450 g/mol. The van der Waals surface area contributed by atoms with Crippen LogP contribution in [0.15, 0.2) is 78.9 Å². The zero-order valence-corrected chi connectivity index (χ0v) is 21.5. The molecule has 0 radical (unpaired) electrons.